The third kappa shape index (κ3) is 6.40. The lowest BCUT2D eigenvalue weighted by Gasteiger charge is -2.42. The normalized spacial score (nSPS) is 14.4. The van der Waals surface area contributed by atoms with Gasteiger partial charge in [0.05, 0.1) is 30.1 Å². The number of carbonyl (C=O) groups is 1. The fourth-order valence-corrected chi connectivity index (χ4v) is 2.94. The average molecular weight is 685 g/mol. The van der Waals surface area contributed by atoms with Crippen molar-refractivity contribution in [3.05, 3.63) is 33.9 Å². The predicted octanol–water partition coefficient (Wildman–Crippen LogP) is 8.33. The molecule has 44 heavy (non-hydrogen) atoms. The summed E-state index contributed by atoms with van der Waals surface area (Å²) in [7, 11) is 0. The van der Waals surface area contributed by atoms with Gasteiger partial charge >= 0.3 is 59.3 Å². The third-order valence-electron chi connectivity index (χ3n) is 5.58. The quantitative estimate of drug-likeness (QED) is 0.0610. The van der Waals surface area contributed by atoms with E-state index in [1.165, 1.54) is 0 Å². The summed E-state index contributed by atoms with van der Waals surface area (Å²) < 4.78 is 236. The molecule has 0 saturated carbocycles. The van der Waals surface area contributed by atoms with Gasteiger partial charge in [0.2, 0.25) is 0 Å². The molecule has 0 aliphatic rings. The summed E-state index contributed by atoms with van der Waals surface area (Å²) >= 11 is 0. The Balaban J connectivity index is 3.32. The van der Waals surface area contributed by atoms with Crippen molar-refractivity contribution in [3.8, 4) is 5.75 Å². The number of hydrogen-bond acceptors (Lipinski definition) is 5. The molecule has 0 radical (unpaired) electrons. The number of benzene rings is 1. The highest BCUT2D eigenvalue weighted by molar-refractivity contribution is 5.90. The zero-order valence-corrected chi connectivity index (χ0v) is 21.2. The van der Waals surface area contributed by atoms with Gasteiger partial charge in [0, 0.05) is 6.07 Å². The fraction of sp³-hybridized carbons (Fsp3) is 0.667. The van der Waals surface area contributed by atoms with E-state index in [1.54, 1.807) is 6.92 Å². The molecule has 0 atom stereocenters. The molecule has 254 valence electrons. The molecule has 1 aromatic carbocycles. The predicted molar refractivity (Wildman–Crippen MR) is 109 cm³/mol. The summed E-state index contributed by atoms with van der Waals surface area (Å²) in [5.74, 6) is -59.8. The maximum atomic E-state index is 14.0. The molecule has 6 nitrogen and oxygen atoms in total. The van der Waals surface area contributed by atoms with E-state index in [0.29, 0.717) is 31.0 Å². The summed E-state index contributed by atoms with van der Waals surface area (Å²) in [4.78, 5) is 21.7. The number of nitro groups is 1. The van der Waals surface area contributed by atoms with Crippen LogP contribution in [0.25, 0.3) is 0 Å². The Bertz CT molecular complexity index is 1200. The Morgan fingerprint density at radius 1 is 0.727 bits per heavy atom. The van der Waals surface area contributed by atoms with Crippen molar-refractivity contribution >= 4 is 11.7 Å². The van der Waals surface area contributed by atoms with E-state index in [1.807, 2.05) is 0 Å². The SMILES string of the molecule is CCCCOC(=O)c1ccc(OCCC(F)(F)C(F)(F)C(F)(F)C(F)(F)C(F)(F)C(F)(F)C(F)(F)C(F)(F)F)c([N+](=O)[O-])c1. The highest BCUT2D eigenvalue weighted by Gasteiger charge is 2.95. The van der Waals surface area contributed by atoms with Crippen molar-refractivity contribution in [1.82, 2.24) is 0 Å². The van der Waals surface area contributed by atoms with E-state index in [0.717, 1.165) is 0 Å². The first-order valence-electron chi connectivity index (χ1n) is 11.3. The highest BCUT2D eigenvalue weighted by Crippen LogP contribution is 2.64. The van der Waals surface area contributed by atoms with Crippen molar-refractivity contribution in [2.45, 2.75) is 73.8 Å². The molecule has 0 bridgehead atoms. The Hall–Kier alpha value is -3.30. The molecule has 0 heterocycles. The van der Waals surface area contributed by atoms with Gasteiger partial charge in [-0.2, -0.15) is 74.6 Å². The minimum Gasteiger partial charge on any atom is -0.487 e. The van der Waals surface area contributed by atoms with E-state index < -0.39 is 88.6 Å². The summed E-state index contributed by atoms with van der Waals surface area (Å²) in [6.45, 7) is -0.544. The minimum absolute atomic E-state index is 0.150. The first-order chi connectivity index (χ1) is 19.5. The average Bonchev–Trinajstić information content (AvgIpc) is 2.87. The maximum absolute atomic E-state index is 14.0. The van der Waals surface area contributed by atoms with E-state index in [2.05, 4.69) is 4.74 Å². The second-order valence-corrected chi connectivity index (χ2v) is 8.68. The number of alkyl halides is 17. The van der Waals surface area contributed by atoms with Crippen LogP contribution >= 0.6 is 0 Å². The summed E-state index contributed by atoms with van der Waals surface area (Å²) in [6.07, 6.45) is -9.90. The van der Waals surface area contributed by atoms with Gasteiger partial charge in [-0.3, -0.25) is 10.1 Å². The number of halogens is 17. The van der Waals surface area contributed by atoms with Gasteiger partial charge in [0.25, 0.3) is 0 Å². The zero-order chi connectivity index (χ0) is 35.0. The van der Waals surface area contributed by atoms with Gasteiger partial charge in [-0.05, 0) is 18.6 Å². The molecular formula is C21H16F17NO5. The molecule has 23 heteroatoms. The molecule has 0 aliphatic carbocycles. The van der Waals surface area contributed by atoms with Crippen LogP contribution in [0.5, 0.6) is 5.75 Å². The molecule has 0 saturated heterocycles. The van der Waals surface area contributed by atoms with E-state index in [9.17, 15) is 89.5 Å². The number of rotatable bonds is 15. The number of nitrogens with zero attached hydrogens (tertiary/aromatic N) is 1. The van der Waals surface area contributed by atoms with Crippen LogP contribution in [0.3, 0.4) is 0 Å². The second-order valence-electron chi connectivity index (χ2n) is 8.68. The number of unbranched alkanes of at least 4 members (excludes halogenated alkanes) is 1. The van der Waals surface area contributed by atoms with Crippen molar-refractivity contribution in [3.63, 3.8) is 0 Å². The number of hydrogen-bond donors (Lipinski definition) is 0. The summed E-state index contributed by atoms with van der Waals surface area (Å²) in [5, 5.41) is 11.2. The molecule has 0 unspecified atom stereocenters. The Morgan fingerprint density at radius 2 is 1.18 bits per heavy atom. The third-order valence-corrected chi connectivity index (χ3v) is 5.58. The van der Waals surface area contributed by atoms with Crippen LogP contribution in [0.2, 0.25) is 0 Å². The van der Waals surface area contributed by atoms with Crippen LogP contribution in [0.1, 0.15) is 36.5 Å². The standard InChI is InChI=1S/C21H16F17NO5/c1-2-3-7-44-13(40)10-4-5-12(11(9-10)39(41)42)43-8-6-14(22,23)15(24,25)16(26,27)17(28,29)18(30,31)19(32,33)20(34,35)21(36,37)38/h4-5,9H,2-3,6-8H2,1H3. The zero-order valence-electron chi connectivity index (χ0n) is 21.2. The van der Waals surface area contributed by atoms with Gasteiger partial charge in [-0.15, -0.1) is 0 Å². The van der Waals surface area contributed by atoms with E-state index in [4.69, 9.17) is 4.74 Å². The van der Waals surface area contributed by atoms with Gasteiger partial charge in [0.1, 0.15) is 0 Å². The van der Waals surface area contributed by atoms with Crippen molar-refractivity contribution in [2.24, 2.45) is 0 Å². The van der Waals surface area contributed by atoms with Crippen molar-refractivity contribution in [2.75, 3.05) is 13.2 Å². The highest BCUT2D eigenvalue weighted by atomic mass is 19.4. The number of nitro benzene ring substituents is 1. The van der Waals surface area contributed by atoms with Crippen LogP contribution < -0.4 is 4.74 Å². The lowest BCUT2D eigenvalue weighted by molar-refractivity contribution is -0.461. The number of ether oxygens (including phenoxy) is 2. The van der Waals surface area contributed by atoms with Gasteiger partial charge in [0.15, 0.2) is 5.75 Å². The smallest absolute Gasteiger partial charge is 0.460 e. The molecule has 0 aromatic heterocycles. The van der Waals surface area contributed by atoms with Gasteiger partial charge < -0.3 is 9.47 Å². The fourth-order valence-electron chi connectivity index (χ4n) is 2.94. The molecule has 0 spiro atoms. The molecule has 1 rings (SSSR count). The van der Waals surface area contributed by atoms with Crippen LogP contribution in [0.4, 0.5) is 80.3 Å². The van der Waals surface area contributed by atoms with Gasteiger partial charge in [-0.25, -0.2) is 4.79 Å². The van der Waals surface area contributed by atoms with Crippen molar-refractivity contribution in [1.29, 1.82) is 0 Å². The van der Waals surface area contributed by atoms with Crippen LogP contribution in [0, 0.1) is 10.1 Å². The Kier molecular flexibility index (Phi) is 10.8. The monoisotopic (exact) mass is 685 g/mol. The number of esters is 1. The second kappa shape index (κ2) is 12.2. The first-order valence-corrected chi connectivity index (χ1v) is 11.3. The van der Waals surface area contributed by atoms with Gasteiger partial charge in [-0.1, -0.05) is 13.3 Å². The van der Waals surface area contributed by atoms with Crippen molar-refractivity contribution < 1.29 is 93.8 Å². The lowest BCUT2D eigenvalue weighted by atomic mass is 9.88. The van der Waals surface area contributed by atoms with Crippen LogP contribution in [0.15, 0.2) is 18.2 Å². The molecule has 0 aliphatic heterocycles. The Morgan fingerprint density at radius 3 is 1.61 bits per heavy atom. The topological polar surface area (TPSA) is 78.7 Å². The maximum Gasteiger partial charge on any atom is 0.460 e. The summed E-state index contributed by atoms with van der Waals surface area (Å²) in [5.41, 5.74) is -1.82. The molecular weight excluding hydrogens is 669 g/mol. The first kappa shape index (κ1) is 38.7. The minimum atomic E-state index is -8.75. The Labute approximate surface area is 233 Å². The van der Waals surface area contributed by atoms with Crippen LogP contribution in [-0.2, 0) is 4.74 Å². The lowest BCUT2D eigenvalue weighted by Crippen LogP contribution is -2.74. The van der Waals surface area contributed by atoms with E-state index in [-0.39, 0.29) is 6.61 Å². The molecule has 1 aromatic rings. The number of carbonyl (C=O) groups excluding carboxylic acids is 1. The largest absolute Gasteiger partial charge is 0.487 e. The molecule has 0 amide bonds. The molecule has 0 N–H and O–H groups in total. The summed E-state index contributed by atoms with van der Waals surface area (Å²) in [6, 6.07) is 1.57. The molecule has 0 fully saturated rings. The van der Waals surface area contributed by atoms with Crippen LogP contribution in [-0.4, -0.2) is 71.7 Å². The van der Waals surface area contributed by atoms with E-state index >= 15 is 0 Å².